The molecule has 2 nitrogen and oxygen atoms in total. The molecule has 2 aromatic rings. The van der Waals surface area contributed by atoms with Gasteiger partial charge in [0.1, 0.15) is 0 Å². The highest BCUT2D eigenvalue weighted by atomic mass is 15.2. The number of fused-ring (bicyclic) bond motifs is 2. The summed E-state index contributed by atoms with van der Waals surface area (Å²) in [6, 6.07) is 15.4. The van der Waals surface area contributed by atoms with Crippen LogP contribution < -0.4 is 5.32 Å². The van der Waals surface area contributed by atoms with Crippen molar-refractivity contribution >= 4 is 10.8 Å². The van der Waals surface area contributed by atoms with Gasteiger partial charge in [0.15, 0.2) is 0 Å². The fourth-order valence-corrected chi connectivity index (χ4v) is 3.66. The van der Waals surface area contributed by atoms with Gasteiger partial charge in [0.05, 0.1) is 0 Å². The minimum absolute atomic E-state index is 0.829. The highest BCUT2D eigenvalue weighted by Crippen LogP contribution is 2.29. The van der Waals surface area contributed by atoms with Crippen LogP contribution in [0.15, 0.2) is 42.5 Å². The first-order valence-corrected chi connectivity index (χ1v) is 7.22. The first kappa shape index (κ1) is 11.4. The van der Waals surface area contributed by atoms with Crippen LogP contribution in [0.3, 0.4) is 0 Å². The Labute approximate surface area is 114 Å². The molecule has 1 radical (unpaired) electrons. The van der Waals surface area contributed by atoms with Gasteiger partial charge in [0, 0.05) is 32.7 Å². The van der Waals surface area contributed by atoms with Crippen molar-refractivity contribution in [2.75, 3.05) is 26.2 Å². The maximum Gasteiger partial charge on any atom is 0.0240 e. The van der Waals surface area contributed by atoms with E-state index < -0.39 is 0 Å². The molecule has 2 aromatic carbocycles. The van der Waals surface area contributed by atoms with Crippen molar-refractivity contribution in [3.8, 4) is 0 Å². The van der Waals surface area contributed by atoms with Crippen molar-refractivity contribution in [3.63, 3.8) is 0 Å². The first-order chi connectivity index (χ1) is 9.40. The number of likely N-dealkylation sites (tertiary alicyclic amines) is 1. The zero-order valence-corrected chi connectivity index (χ0v) is 11.1. The summed E-state index contributed by atoms with van der Waals surface area (Å²) in [7, 11) is 0. The molecule has 0 spiro atoms. The maximum atomic E-state index is 4.53. The topological polar surface area (TPSA) is 17.3 Å². The molecule has 0 aromatic heterocycles. The van der Waals surface area contributed by atoms with Gasteiger partial charge in [0.25, 0.3) is 0 Å². The third kappa shape index (κ3) is 2.05. The van der Waals surface area contributed by atoms with Crippen LogP contribution >= 0.6 is 0 Å². The van der Waals surface area contributed by atoms with E-state index in [1.165, 1.54) is 29.4 Å². The quantitative estimate of drug-likeness (QED) is 0.801. The largest absolute Gasteiger partial charge is 0.298 e. The van der Waals surface area contributed by atoms with Crippen LogP contribution in [0.2, 0.25) is 0 Å². The van der Waals surface area contributed by atoms with Crippen molar-refractivity contribution in [1.29, 1.82) is 0 Å². The lowest BCUT2D eigenvalue weighted by molar-refractivity contribution is 0.306. The zero-order chi connectivity index (χ0) is 12.7. The molecule has 2 aliphatic heterocycles. The van der Waals surface area contributed by atoms with Crippen molar-refractivity contribution in [2.45, 2.75) is 6.54 Å². The van der Waals surface area contributed by atoms with Crippen LogP contribution in [0.5, 0.6) is 0 Å². The molecule has 2 heteroatoms. The second-order valence-corrected chi connectivity index (χ2v) is 5.94. The van der Waals surface area contributed by atoms with E-state index in [0.717, 1.165) is 31.5 Å². The lowest BCUT2D eigenvalue weighted by Gasteiger charge is -2.18. The third-order valence-corrected chi connectivity index (χ3v) is 4.65. The van der Waals surface area contributed by atoms with Crippen LogP contribution in [0.25, 0.3) is 10.8 Å². The van der Waals surface area contributed by atoms with Crippen molar-refractivity contribution in [1.82, 2.24) is 10.2 Å². The maximum absolute atomic E-state index is 4.53. The Kier molecular flexibility index (Phi) is 2.78. The van der Waals surface area contributed by atoms with Crippen LogP contribution in [0.1, 0.15) is 5.56 Å². The molecule has 2 aliphatic rings. The lowest BCUT2D eigenvalue weighted by atomic mass is 10.0. The minimum Gasteiger partial charge on any atom is -0.298 e. The molecule has 2 heterocycles. The van der Waals surface area contributed by atoms with Gasteiger partial charge in [-0.3, -0.25) is 4.90 Å². The third-order valence-electron chi connectivity index (χ3n) is 4.65. The van der Waals surface area contributed by atoms with E-state index in [1.54, 1.807) is 0 Å². The molecule has 19 heavy (non-hydrogen) atoms. The van der Waals surface area contributed by atoms with Gasteiger partial charge < -0.3 is 0 Å². The first-order valence-electron chi connectivity index (χ1n) is 7.22. The van der Waals surface area contributed by atoms with E-state index in [0.29, 0.717) is 0 Å². The van der Waals surface area contributed by atoms with Gasteiger partial charge in [-0.1, -0.05) is 42.5 Å². The summed E-state index contributed by atoms with van der Waals surface area (Å²) >= 11 is 0. The van der Waals surface area contributed by atoms with E-state index in [2.05, 4.69) is 52.7 Å². The number of hydrogen-bond acceptors (Lipinski definition) is 1. The molecule has 2 saturated heterocycles. The second kappa shape index (κ2) is 4.62. The molecule has 0 bridgehead atoms. The molecule has 4 rings (SSSR count). The Morgan fingerprint density at radius 2 is 1.68 bits per heavy atom. The van der Waals surface area contributed by atoms with Crippen LogP contribution in [-0.4, -0.2) is 31.1 Å². The number of benzene rings is 2. The van der Waals surface area contributed by atoms with Crippen LogP contribution in [0.4, 0.5) is 0 Å². The molecule has 0 amide bonds. The van der Waals surface area contributed by atoms with E-state index in [-0.39, 0.29) is 0 Å². The summed E-state index contributed by atoms with van der Waals surface area (Å²) in [5, 5.41) is 7.30. The average Bonchev–Trinajstić information content (AvgIpc) is 3.00. The fourth-order valence-electron chi connectivity index (χ4n) is 3.66. The van der Waals surface area contributed by atoms with Crippen molar-refractivity contribution in [3.05, 3.63) is 48.0 Å². The molecule has 2 atom stereocenters. The standard InChI is InChI=1S/C17H19N2/c1-2-7-17-13(4-1)5-3-6-14(17)10-19-11-15-8-18-9-16(15)12-19/h1-7,15-16H,8-12H2. The molecule has 0 aliphatic carbocycles. The summed E-state index contributed by atoms with van der Waals surface area (Å²) in [6.45, 7) is 5.75. The number of nitrogens with zero attached hydrogens (tertiary/aromatic N) is 2. The summed E-state index contributed by atoms with van der Waals surface area (Å²) < 4.78 is 0. The summed E-state index contributed by atoms with van der Waals surface area (Å²) in [6.07, 6.45) is 0. The van der Waals surface area contributed by atoms with Gasteiger partial charge in [-0.25, -0.2) is 5.32 Å². The van der Waals surface area contributed by atoms with Gasteiger partial charge in [-0.15, -0.1) is 0 Å². The Hall–Kier alpha value is -1.38. The van der Waals surface area contributed by atoms with Crippen molar-refractivity contribution in [2.24, 2.45) is 11.8 Å². The number of rotatable bonds is 2. The SMILES string of the molecule is c1ccc2c(CN3CC4C[N]CC4C3)cccc2c1. The minimum atomic E-state index is 0.829. The van der Waals surface area contributed by atoms with E-state index in [1.807, 2.05) is 0 Å². The Morgan fingerprint density at radius 1 is 0.947 bits per heavy atom. The predicted molar refractivity (Wildman–Crippen MR) is 78.1 cm³/mol. The van der Waals surface area contributed by atoms with E-state index >= 15 is 0 Å². The Morgan fingerprint density at radius 3 is 2.53 bits per heavy atom. The second-order valence-electron chi connectivity index (χ2n) is 5.94. The fraction of sp³-hybridized carbons (Fsp3) is 0.412. The molecular formula is C17H19N2. The normalized spacial score (nSPS) is 26.9. The molecule has 97 valence electrons. The molecule has 0 saturated carbocycles. The highest BCUT2D eigenvalue weighted by Gasteiger charge is 2.36. The van der Waals surface area contributed by atoms with Crippen LogP contribution in [-0.2, 0) is 6.54 Å². The van der Waals surface area contributed by atoms with Gasteiger partial charge in [-0.2, -0.15) is 0 Å². The highest BCUT2D eigenvalue weighted by molar-refractivity contribution is 5.85. The Bertz CT molecular complexity index is 575. The summed E-state index contributed by atoms with van der Waals surface area (Å²) in [5.41, 5.74) is 1.47. The zero-order valence-electron chi connectivity index (χ0n) is 11.1. The molecular weight excluding hydrogens is 232 g/mol. The van der Waals surface area contributed by atoms with Crippen LogP contribution in [0, 0.1) is 11.8 Å². The number of hydrogen-bond donors (Lipinski definition) is 0. The molecule has 2 unspecified atom stereocenters. The summed E-state index contributed by atoms with van der Waals surface area (Å²) in [5.74, 6) is 1.66. The van der Waals surface area contributed by atoms with Crippen molar-refractivity contribution < 1.29 is 0 Å². The predicted octanol–water partition coefficient (Wildman–Crippen LogP) is 2.51. The Balaban J connectivity index is 1.59. The smallest absolute Gasteiger partial charge is 0.0240 e. The van der Waals surface area contributed by atoms with Gasteiger partial charge in [0.2, 0.25) is 0 Å². The molecule has 0 N–H and O–H groups in total. The monoisotopic (exact) mass is 251 g/mol. The van der Waals surface area contributed by atoms with E-state index in [4.69, 9.17) is 0 Å². The lowest BCUT2D eigenvalue weighted by Crippen LogP contribution is -2.23. The summed E-state index contributed by atoms with van der Waals surface area (Å²) in [4.78, 5) is 2.62. The van der Waals surface area contributed by atoms with Gasteiger partial charge >= 0.3 is 0 Å². The van der Waals surface area contributed by atoms with Gasteiger partial charge in [-0.05, 0) is 28.2 Å². The molecule has 2 fully saturated rings. The van der Waals surface area contributed by atoms with E-state index in [9.17, 15) is 0 Å². The average molecular weight is 251 g/mol.